The fraction of sp³-hybridized carbons (Fsp3) is 0.467. The zero-order valence-corrected chi connectivity index (χ0v) is 25.0. The second-order valence-electron chi connectivity index (χ2n) is 11.3. The molecule has 1 aromatic heterocycles. The Labute approximate surface area is 255 Å². The topological polar surface area (TPSA) is 111 Å². The predicted octanol–water partition coefficient (Wildman–Crippen LogP) is 2.96. The van der Waals surface area contributed by atoms with Crippen molar-refractivity contribution in [2.45, 2.75) is 44.8 Å². The van der Waals surface area contributed by atoms with E-state index < -0.39 is 47.1 Å². The van der Waals surface area contributed by atoms with E-state index in [2.05, 4.69) is 10.2 Å². The van der Waals surface area contributed by atoms with Gasteiger partial charge >= 0.3 is 6.18 Å². The van der Waals surface area contributed by atoms with Crippen LogP contribution in [0, 0.1) is 11.7 Å². The van der Waals surface area contributed by atoms with Crippen LogP contribution in [-0.4, -0.2) is 84.5 Å². The van der Waals surface area contributed by atoms with Crippen LogP contribution in [0.1, 0.15) is 39.2 Å². The van der Waals surface area contributed by atoms with Crippen LogP contribution in [0.15, 0.2) is 42.5 Å². The zero-order valence-electron chi connectivity index (χ0n) is 24.2. The molecule has 9 nitrogen and oxygen atoms in total. The highest BCUT2D eigenvalue weighted by atomic mass is 32.2. The first-order valence-corrected chi connectivity index (χ1v) is 15.9. The Balaban J connectivity index is 1.44. The third-order valence-corrected chi connectivity index (χ3v) is 9.21. The molecule has 3 heterocycles. The molecule has 1 fully saturated rings. The summed E-state index contributed by atoms with van der Waals surface area (Å²) in [6.45, 7) is 2.45. The summed E-state index contributed by atoms with van der Waals surface area (Å²) in [6.07, 6.45) is -2.54. The van der Waals surface area contributed by atoms with E-state index >= 15 is 0 Å². The van der Waals surface area contributed by atoms with E-state index in [9.17, 15) is 36.8 Å². The maximum absolute atomic E-state index is 14.0. The van der Waals surface area contributed by atoms with E-state index in [0.29, 0.717) is 37.3 Å². The van der Waals surface area contributed by atoms with Crippen LogP contribution in [0.5, 0.6) is 0 Å². The average molecular weight is 638 g/mol. The van der Waals surface area contributed by atoms with Crippen molar-refractivity contribution < 1.29 is 36.8 Å². The number of hydrogen-bond donors (Lipinski definition) is 3. The molecule has 3 atom stereocenters. The Morgan fingerprint density at radius 3 is 2.57 bits per heavy atom. The largest absolute Gasteiger partial charge is 0.416 e. The van der Waals surface area contributed by atoms with Gasteiger partial charge in [0.25, 0.3) is 5.91 Å². The molecule has 44 heavy (non-hydrogen) atoms. The maximum atomic E-state index is 14.0. The van der Waals surface area contributed by atoms with Gasteiger partial charge < -0.3 is 20.4 Å². The molecule has 1 amide bonds. The normalized spacial score (nSPS) is 19.1. The fourth-order valence-corrected chi connectivity index (χ4v) is 6.55. The smallest absolute Gasteiger partial charge is 0.396 e. The number of fused-ring (bicyclic) bond motifs is 1. The quantitative estimate of drug-likeness (QED) is 0.295. The number of benzene rings is 2. The molecular formula is C30H35F4N5O4S. The van der Waals surface area contributed by atoms with Gasteiger partial charge in [-0.05, 0) is 60.8 Å². The van der Waals surface area contributed by atoms with Crippen molar-refractivity contribution in [2.24, 2.45) is 5.92 Å². The minimum Gasteiger partial charge on any atom is -0.396 e. The monoisotopic (exact) mass is 637 g/mol. The lowest BCUT2D eigenvalue weighted by molar-refractivity contribution is -0.138. The number of aliphatic hydroxyl groups is 2. The van der Waals surface area contributed by atoms with Crippen LogP contribution in [-0.2, 0) is 43.2 Å². The maximum Gasteiger partial charge on any atom is 0.416 e. The van der Waals surface area contributed by atoms with Crippen molar-refractivity contribution in [3.63, 3.8) is 0 Å². The summed E-state index contributed by atoms with van der Waals surface area (Å²) < 4.78 is 71.0. The number of halogens is 4. The molecule has 3 aromatic rings. The minimum atomic E-state index is -4.68. The summed E-state index contributed by atoms with van der Waals surface area (Å²) in [5.41, 5.74) is 1.38. The number of alkyl halides is 3. The first-order valence-electron chi connectivity index (χ1n) is 14.4. The van der Waals surface area contributed by atoms with E-state index in [1.165, 1.54) is 24.3 Å². The summed E-state index contributed by atoms with van der Waals surface area (Å²) in [4.78, 5) is 14.7. The Kier molecular flexibility index (Phi) is 9.85. The predicted molar refractivity (Wildman–Crippen MR) is 156 cm³/mol. The number of hydrogen-bond acceptors (Lipinski definition) is 6. The molecule has 2 aromatic carbocycles. The van der Waals surface area contributed by atoms with E-state index in [1.54, 1.807) is 15.2 Å². The van der Waals surface area contributed by atoms with E-state index in [4.69, 9.17) is 5.10 Å². The van der Waals surface area contributed by atoms with Gasteiger partial charge in [-0.25, -0.2) is 12.9 Å². The second kappa shape index (κ2) is 13.4. The van der Waals surface area contributed by atoms with Gasteiger partial charge in [-0.2, -0.15) is 18.3 Å². The fourth-order valence-electron chi connectivity index (χ4n) is 5.89. The molecular weight excluding hydrogens is 602 g/mol. The van der Waals surface area contributed by atoms with Gasteiger partial charge in [0.1, 0.15) is 5.82 Å². The lowest BCUT2D eigenvalue weighted by Crippen LogP contribution is -2.35. The lowest BCUT2D eigenvalue weighted by atomic mass is 9.97. The molecule has 3 N–H and O–H groups in total. The summed E-state index contributed by atoms with van der Waals surface area (Å²) in [5, 5.41) is 27.6. The Hall–Kier alpha value is -3.17. The number of carbonyl (C=O) groups excluding carboxylic acids is 1. The molecule has 2 aliphatic rings. The van der Waals surface area contributed by atoms with Gasteiger partial charge in [0.15, 0.2) is 0 Å². The second-order valence-corrected chi connectivity index (χ2v) is 12.7. The molecule has 5 rings (SSSR count). The molecule has 3 unspecified atom stereocenters. The van der Waals surface area contributed by atoms with Crippen molar-refractivity contribution in [2.75, 3.05) is 39.0 Å². The number of carbonyl (C=O) groups is 1. The van der Waals surface area contributed by atoms with Crippen LogP contribution < -0.4 is 5.32 Å². The number of amides is 1. The number of β-amino-alcohol motifs (C(OH)–C–C–N with tert-alkyl or cyclic N) is 1. The molecule has 0 spiro atoms. The highest BCUT2D eigenvalue weighted by molar-refractivity contribution is 7.81. The van der Waals surface area contributed by atoms with Crippen LogP contribution in [0.4, 0.5) is 17.6 Å². The van der Waals surface area contributed by atoms with Crippen LogP contribution in [0.25, 0.3) is 11.3 Å². The Morgan fingerprint density at radius 1 is 1.16 bits per heavy atom. The van der Waals surface area contributed by atoms with E-state index in [1.807, 2.05) is 0 Å². The number of rotatable bonds is 10. The van der Waals surface area contributed by atoms with Gasteiger partial charge in [-0.15, -0.1) is 0 Å². The van der Waals surface area contributed by atoms with Crippen molar-refractivity contribution >= 4 is 16.9 Å². The van der Waals surface area contributed by atoms with Crippen molar-refractivity contribution in [1.82, 2.24) is 24.3 Å². The van der Waals surface area contributed by atoms with E-state index in [0.717, 1.165) is 42.4 Å². The van der Waals surface area contributed by atoms with Crippen molar-refractivity contribution in [1.29, 1.82) is 0 Å². The molecule has 14 heteroatoms. The van der Waals surface area contributed by atoms with Crippen LogP contribution in [0.3, 0.4) is 0 Å². The molecule has 2 aliphatic heterocycles. The molecule has 1 saturated heterocycles. The Bertz CT molecular complexity index is 1510. The lowest BCUT2D eigenvalue weighted by Gasteiger charge is -2.26. The average Bonchev–Trinajstić information content (AvgIpc) is 3.59. The summed E-state index contributed by atoms with van der Waals surface area (Å²) in [5.74, 6) is -1.01. The SMILES string of the molecule is CS(=O)N1CCc2c(c(-c3ccc(C(F)(F)F)c(CNC(=O)c4ccc(F)cc4)c3)nn2CC(O)CN2CCC(CO)C2)C1. The number of aliphatic hydroxyl groups excluding tert-OH is 2. The van der Waals surface area contributed by atoms with Gasteiger partial charge in [-0.3, -0.25) is 9.48 Å². The highest BCUT2D eigenvalue weighted by Crippen LogP contribution is 2.37. The van der Waals surface area contributed by atoms with Crippen LogP contribution in [0.2, 0.25) is 0 Å². The third-order valence-electron chi connectivity index (χ3n) is 8.17. The Morgan fingerprint density at radius 2 is 1.91 bits per heavy atom. The summed E-state index contributed by atoms with van der Waals surface area (Å²) >= 11 is 0. The first-order chi connectivity index (χ1) is 20.9. The van der Waals surface area contributed by atoms with Crippen LogP contribution >= 0.6 is 0 Å². The van der Waals surface area contributed by atoms with Crippen molar-refractivity contribution in [3.8, 4) is 11.3 Å². The van der Waals surface area contributed by atoms with Crippen molar-refractivity contribution in [3.05, 3.63) is 76.2 Å². The minimum absolute atomic E-state index is 0.100. The van der Waals surface area contributed by atoms with Gasteiger partial charge in [0, 0.05) is 74.4 Å². The molecule has 0 radical (unpaired) electrons. The zero-order chi connectivity index (χ0) is 31.6. The number of nitrogens with zero attached hydrogens (tertiary/aromatic N) is 4. The van der Waals surface area contributed by atoms with Gasteiger partial charge in [-0.1, -0.05) is 6.07 Å². The summed E-state index contributed by atoms with van der Waals surface area (Å²) in [7, 11) is -1.28. The number of aromatic nitrogens is 2. The number of nitrogens with one attached hydrogen (secondary N) is 1. The molecule has 238 valence electrons. The number of likely N-dealkylation sites (tertiary alicyclic amines) is 1. The third kappa shape index (κ3) is 7.37. The van der Waals surface area contributed by atoms with E-state index in [-0.39, 0.29) is 36.7 Å². The highest BCUT2D eigenvalue weighted by Gasteiger charge is 2.35. The molecule has 0 saturated carbocycles. The van der Waals surface area contributed by atoms with Gasteiger partial charge in [0.05, 0.1) is 34.9 Å². The van der Waals surface area contributed by atoms with Gasteiger partial charge in [0.2, 0.25) is 0 Å². The first kappa shape index (κ1) is 32.2. The summed E-state index contributed by atoms with van der Waals surface area (Å²) in [6, 6.07) is 8.32. The standard InChI is InChI=1S/C30H35F4N5O4S/c1-44(43)38-11-9-27-25(17-38)28(36-39(27)16-24(41)15-37-10-8-19(14-37)18-40)21-4-7-26(30(32,33)34)22(12-21)13-35-29(42)20-2-5-23(31)6-3-20/h2-7,12,19,24,40-41H,8-11,13-18H2,1H3,(H,35,42). The molecule has 0 bridgehead atoms. The molecule has 0 aliphatic carbocycles.